The predicted molar refractivity (Wildman–Crippen MR) is 65.4 cm³/mol. The Balaban J connectivity index is 2.25. The van der Waals surface area contributed by atoms with Crippen LogP contribution in [0.1, 0.15) is 12.0 Å². The Labute approximate surface area is 94.7 Å². The van der Waals surface area contributed by atoms with Crippen molar-refractivity contribution < 1.29 is 4.79 Å². The molecule has 1 aromatic rings. The van der Waals surface area contributed by atoms with Gasteiger partial charge < -0.3 is 10.6 Å². The smallest absolute Gasteiger partial charge is 0.231 e. The Bertz CT molecular complexity index is 392. The van der Waals surface area contributed by atoms with E-state index >= 15 is 0 Å². The van der Waals surface area contributed by atoms with Crippen molar-refractivity contribution in [2.75, 3.05) is 22.9 Å². The minimum absolute atomic E-state index is 0.164. The molecule has 0 atom stereocenters. The molecule has 1 aliphatic rings. The molecule has 0 aromatic heterocycles. The second-order valence-corrected chi connectivity index (χ2v) is 4.13. The zero-order valence-electron chi connectivity index (χ0n) is 8.44. The Hall–Kier alpha value is -1.16. The molecule has 3 nitrogen and oxygen atoms in total. The standard InChI is InChI=1S/C11H14N2OS/c12-9-2-3-10-8(6-9)7-11(14)13(10)4-1-5-15/h2-3,6,15H,1,4-5,7,12H2. The molecule has 15 heavy (non-hydrogen) atoms. The van der Waals surface area contributed by atoms with Crippen molar-refractivity contribution in [1.29, 1.82) is 0 Å². The summed E-state index contributed by atoms with van der Waals surface area (Å²) in [4.78, 5) is 13.5. The van der Waals surface area contributed by atoms with Gasteiger partial charge in [0.1, 0.15) is 0 Å². The number of nitrogens with two attached hydrogens (primary N) is 1. The number of carbonyl (C=O) groups excluding carboxylic acids is 1. The van der Waals surface area contributed by atoms with Crippen molar-refractivity contribution in [3.05, 3.63) is 23.8 Å². The number of thiol groups is 1. The summed E-state index contributed by atoms with van der Waals surface area (Å²) in [5, 5.41) is 0. The van der Waals surface area contributed by atoms with Crippen molar-refractivity contribution >= 4 is 29.9 Å². The molecule has 0 saturated heterocycles. The van der Waals surface area contributed by atoms with E-state index in [4.69, 9.17) is 5.73 Å². The Kier molecular flexibility index (Phi) is 2.86. The molecule has 2 N–H and O–H groups in total. The first-order chi connectivity index (χ1) is 7.22. The normalized spacial score (nSPS) is 14.5. The fourth-order valence-corrected chi connectivity index (χ4v) is 2.02. The molecule has 0 unspecified atom stereocenters. The van der Waals surface area contributed by atoms with Gasteiger partial charge in [-0.25, -0.2) is 0 Å². The highest BCUT2D eigenvalue weighted by atomic mass is 32.1. The van der Waals surface area contributed by atoms with Crippen LogP contribution in [0.2, 0.25) is 0 Å². The van der Waals surface area contributed by atoms with Crippen LogP contribution >= 0.6 is 12.6 Å². The molecular weight excluding hydrogens is 208 g/mol. The van der Waals surface area contributed by atoms with Crippen LogP contribution in [0.15, 0.2) is 18.2 Å². The summed E-state index contributed by atoms with van der Waals surface area (Å²) in [5.41, 5.74) is 8.45. The lowest BCUT2D eigenvalue weighted by atomic mass is 10.1. The van der Waals surface area contributed by atoms with Gasteiger partial charge in [-0.3, -0.25) is 4.79 Å². The number of hydrogen-bond acceptors (Lipinski definition) is 3. The van der Waals surface area contributed by atoms with Gasteiger partial charge in [-0.2, -0.15) is 12.6 Å². The predicted octanol–water partition coefficient (Wildman–Crippen LogP) is 1.48. The molecule has 0 aliphatic carbocycles. The van der Waals surface area contributed by atoms with Crippen LogP contribution in [0.25, 0.3) is 0 Å². The first-order valence-corrected chi connectivity index (χ1v) is 5.65. The van der Waals surface area contributed by atoms with Gasteiger partial charge in [0.15, 0.2) is 0 Å². The van der Waals surface area contributed by atoms with Gasteiger partial charge in [0.2, 0.25) is 5.91 Å². The number of fused-ring (bicyclic) bond motifs is 1. The van der Waals surface area contributed by atoms with Crippen LogP contribution in [-0.4, -0.2) is 18.2 Å². The summed E-state index contributed by atoms with van der Waals surface area (Å²) < 4.78 is 0. The molecule has 0 fully saturated rings. The summed E-state index contributed by atoms with van der Waals surface area (Å²) in [7, 11) is 0. The van der Waals surface area contributed by atoms with Crippen LogP contribution in [0.5, 0.6) is 0 Å². The maximum Gasteiger partial charge on any atom is 0.231 e. The molecule has 0 saturated carbocycles. The van der Waals surface area contributed by atoms with E-state index in [2.05, 4.69) is 12.6 Å². The first-order valence-electron chi connectivity index (χ1n) is 5.02. The lowest BCUT2D eigenvalue weighted by Gasteiger charge is -2.16. The maximum absolute atomic E-state index is 11.7. The van der Waals surface area contributed by atoms with Gasteiger partial charge in [-0.05, 0) is 35.9 Å². The van der Waals surface area contributed by atoms with Crippen LogP contribution in [0.3, 0.4) is 0 Å². The summed E-state index contributed by atoms with van der Waals surface area (Å²) >= 11 is 4.15. The number of carbonyl (C=O) groups is 1. The molecule has 1 aliphatic heterocycles. The van der Waals surface area contributed by atoms with Gasteiger partial charge in [-0.15, -0.1) is 0 Å². The third kappa shape index (κ3) is 1.95. The number of hydrogen-bond donors (Lipinski definition) is 2. The fraction of sp³-hybridized carbons (Fsp3) is 0.364. The lowest BCUT2D eigenvalue weighted by Crippen LogP contribution is -2.27. The Morgan fingerprint density at radius 3 is 3.00 bits per heavy atom. The monoisotopic (exact) mass is 222 g/mol. The summed E-state index contributed by atoms with van der Waals surface area (Å²) in [6.07, 6.45) is 1.39. The van der Waals surface area contributed by atoms with Crippen molar-refractivity contribution in [2.45, 2.75) is 12.8 Å². The number of benzene rings is 1. The molecule has 2 rings (SSSR count). The highest BCUT2D eigenvalue weighted by Crippen LogP contribution is 2.30. The molecule has 1 aromatic carbocycles. The van der Waals surface area contributed by atoms with Gasteiger partial charge in [0.05, 0.1) is 6.42 Å². The second-order valence-electron chi connectivity index (χ2n) is 3.69. The SMILES string of the molecule is Nc1ccc2c(c1)CC(=O)N2CCCS. The fourth-order valence-electron chi connectivity index (χ4n) is 1.88. The molecule has 1 amide bonds. The van der Waals surface area contributed by atoms with E-state index < -0.39 is 0 Å². The van der Waals surface area contributed by atoms with E-state index in [9.17, 15) is 4.79 Å². The number of nitrogens with zero attached hydrogens (tertiary/aromatic N) is 1. The van der Waals surface area contributed by atoms with Crippen molar-refractivity contribution in [3.63, 3.8) is 0 Å². The van der Waals surface area contributed by atoms with E-state index in [1.165, 1.54) is 0 Å². The zero-order chi connectivity index (χ0) is 10.8. The molecular formula is C11H14N2OS. The molecule has 0 radical (unpaired) electrons. The number of anilines is 2. The Morgan fingerprint density at radius 2 is 2.27 bits per heavy atom. The first kappa shape index (κ1) is 10.4. The number of rotatable bonds is 3. The molecule has 0 bridgehead atoms. The van der Waals surface area contributed by atoms with E-state index in [0.29, 0.717) is 6.42 Å². The summed E-state index contributed by atoms with van der Waals surface area (Å²) in [6, 6.07) is 5.65. The topological polar surface area (TPSA) is 46.3 Å². The minimum atomic E-state index is 0.164. The Morgan fingerprint density at radius 1 is 1.47 bits per heavy atom. The highest BCUT2D eigenvalue weighted by Gasteiger charge is 2.26. The molecule has 80 valence electrons. The second kappa shape index (κ2) is 4.14. The van der Waals surface area contributed by atoms with E-state index in [0.717, 1.165) is 35.7 Å². The lowest BCUT2D eigenvalue weighted by molar-refractivity contribution is -0.117. The minimum Gasteiger partial charge on any atom is -0.399 e. The van der Waals surface area contributed by atoms with E-state index in [-0.39, 0.29) is 5.91 Å². The van der Waals surface area contributed by atoms with Gasteiger partial charge in [-0.1, -0.05) is 0 Å². The van der Waals surface area contributed by atoms with Crippen molar-refractivity contribution in [1.82, 2.24) is 0 Å². The van der Waals surface area contributed by atoms with Crippen LogP contribution in [0, 0.1) is 0 Å². The zero-order valence-corrected chi connectivity index (χ0v) is 9.33. The third-order valence-electron chi connectivity index (χ3n) is 2.58. The van der Waals surface area contributed by atoms with E-state index in [1.54, 1.807) is 0 Å². The molecule has 1 heterocycles. The number of nitrogen functional groups attached to an aromatic ring is 1. The van der Waals surface area contributed by atoms with Gasteiger partial charge in [0.25, 0.3) is 0 Å². The van der Waals surface area contributed by atoms with Gasteiger partial charge in [0, 0.05) is 17.9 Å². The quantitative estimate of drug-likeness (QED) is 0.601. The summed E-state index contributed by atoms with van der Waals surface area (Å²) in [5.74, 6) is 0.964. The maximum atomic E-state index is 11.7. The average molecular weight is 222 g/mol. The van der Waals surface area contributed by atoms with Crippen molar-refractivity contribution in [3.8, 4) is 0 Å². The van der Waals surface area contributed by atoms with Gasteiger partial charge >= 0.3 is 0 Å². The number of amides is 1. The molecule has 4 heteroatoms. The third-order valence-corrected chi connectivity index (χ3v) is 2.89. The van der Waals surface area contributed by atoms with Crippen LogP contribution < -0.4 is 10.6 Å². The highest BCUT2D eigenvalue weighted by molar-refractivity contribution is 7.80. The largest absolute Gasteiger partial charge is 0.399 e. The summed E-state index contributed by atoms with van der Waals surface area (Å²) in [6.45, 7) is 0.749. The van der Waals surface area contributed by atoms with Crippen LogP contribution in [-0.2, 0) is 11.2 Å². The molecule has 0 spiro atoms. The van der Waals surface area contributed by atoms with Crippen LogP contribution in [0.4, 0.5) is 11.4 Å². The van der Waals surface area contributed by atoms with E-state index in [1.807, 2.05) is 23.1 Å². The average Bonchev–Trinajstić information content (AvgIpc) is 2.50. The van der Waals surface area contributed by atoms with Crippen molar-refractivity contribution in [2.24, 2.45) is 0 Å².